The van der Waals surface area contributed by atoms with E-state index in [1.807, 2.05) is 6.92 Å². The predicted octanol–water partition coefficient (Wildman–Crippen LogP) is 2.12. The Kier molecular flexibility index (Phi) is 4.76. The standard InChI is InChI=1S/C14H14F2N4O/c1-2-17-13-6-5-12(19-20-13)14(21)18-8-9-3-4-10(15)11(16)7-9/h3-7H,2,8H2,1H3,(H,17,20)(H,18,21). The number of amides is 1. The zero-order valence-corrected chi connectivity index (χ0v) is 11.4. The van der Waals surface area contributed by atoms with Crippen molar-refractivity contribution in [3.05, 3.63) is 53.2 Å². The van der Waals surface area contributed by atoms with Gasteiger partial charge in [0.25, 0.3) is 5.91 Å². The minimum absolute atomic E-state index is 0.0761. The maximum atomic E-state index is 13.0. The van der Waals surface area contributed by atoms with Crippen molar-refractivity contribution in [3.63, 3.8) is 0 Å². The summed E-state index contributed by atoms with van der Waals surface area (Å²) in [6, 6.07) is 6.63. The highest BCUT2D eigenvalue weighted by atomic mass is 19.2. The third-order valence-corrected chi connectivity index (χ3v) is 2.69. The molecule has 5 nitrogen and oxygen atoms in total. The van der Waals surface area contributed by atoms with E-state index in [2.05, 4.69) is 20.8 Å². The summed E-state index contributed by atoms with van der Waals surface area (Å²) < 4.78 is 25.8. The Hall–Kier alpha value is -2.57. The van der Waals surface area contributed by atoms with E-state index < -0.39 is 17.5 Å². The monoisotopic (exact) mass is 292 g/mol. The van der Waals surface area contributed by atoms with Crippen LogP contribution in [-0.4, -0.2) is 22.6 Å². The molecule has 1 heterocycles. The van der Waals surface area contributed by atoms with Gasteiger partial charge in [-0.1, -0.05) is 6.07 Å². The second-order valence-corrected chi connectivity index (χ2v) is 4.27. The molecule has 0 spiro atoms. The first kappa shape index (κ1) is 14.8. The van der Waals surface area contributed by atoms with Crippen molar-refractivity contribution in [3.8, 4) is 0 Å². The van der Waals surface area contributed by atoms with Crippen LogP contribution in [0.1, 0.15) is 23.0 Å². The number of halogens is 2. The van der Waals surface area contributed by atoms with Gasteiger partial charge in [0, 0.05) is 13.1 Å². The molecule has 0 saturated carbocycles. The number of hydrogen-bond acceptors (Lipinski definition) is 4. The molecule has 7 heteroatoms. The van der Waals surface area contributed by atoms with E-state index in [1.54, 1.807) is 6.07 Å². The molecule has 1 aromatic heterocycles. The average Bonchev–Trinajstić information content (AvgIpc) is 2.49. The molecule has 2 aromatic rings. The van der Waals surface area contributed by atoms with Gasteiger partial charge in [-0.05, 0) is 36.8 Å². The van der Waals surface area contributed by atoms with E-state index >= 15 is 0 Å². The molecule has 0 radical (unpaired) electrons. The SMILES string of the molecule is CCNc1ccc(C(=O)NCc2ccc(F)c(F)c2)nn1. The zero-order chi connectivity index (χ0) is 15.2. The lowest BCUT2D eigenvalue weighted by molar-refractivity contribution is 0.0945. The van der Waals surface area contributed by atoms with E-state index in [0.29, 0.717) is 17.9 Å². The molecule has 2 N–H and O–H groups in total. The number of benzene rings is 1. The lowest BCUT2D eigenvalue weighted by Crippen LogP contribution is -2.24. The molecule has 1 amide bonds. The van der Waals surface area contributed by atoms with Crippen molar-refractivity contribution >= 4 is 11.7 Å². The van der Waals surface area contributed by atoms with Crippen LogP contribution in [0, 0.1) is 11.6 Å². The summed E-state index contributed by atoms with van der Waals surface area (Å²) in [5, 5.41) is 13.1. The highest BCUT2D eigenvalue weighted by Crippen LogP contribution is 2.08. The van der Waals surface area contributed by atoms with Crippen molar-refractivity contribution in [1.82, 2.24) is 15.5 Å². The molecule has 0 atom stereocenters. The van der Waals surface area contributed by atoms with Crippen LogP contribution in [0.25, 0.3) is 0 Å². The largest absolute Gasteiger partial charge is 0.369 e. The van der Waals surface area contributed by atoms with Crippen LogP contribution in [0.5, 0.6) is 0 Å². The summed E-state index contributed by atoms with van der Waals surface area (Å²) in [7, 11) is 0. The Morgan fingerprint density at radius 3 is 2.57 bits per heavy atom. The van der Waals surface area contributed by atoms with Gasteiger partial charge in [-0.25, -0.2) is 8.78 Å². The molecule has 1 aromatic carbocycles. The van der Waals surface area contributed by atoms with Crippen molar-refractivity contribution in [2.24, 2.45) is 0 Å². The Morgan fingerprint density at radius 1 is 1.14 bits per heavy atom. The van der Waals surface area contributed by atoms with E-state index in [1.165, 1.54) is 12.1 Å². The number of aromatic nitrogens is 2. The van der Waals surface area contributed by atoms with E-state index in [0.717, 1.165) is 12.1 Å². The van der Waals surface area contributed by atoms with Gasteiger partial charge in [0.15, 0.2) is 17.3 Å². The molecule has 110 valence electrons. The summed E-state index contributed by atoms with van der Waals surface area (Å²) in [4.78, 5) is 11.8. The molecule has 0 fully saturated rings. The Balaban J connectivity index is 1.96. The van der Waals surface area contributed by atoms with Crippen LogP contribution in [0.15, 0.2) is 30.3 Å². The summed E-state index contributed by atoms with van der Waals surface area (Å²) in [6.07, 6.45) is 0. The molecular weight excluding hydrogens is 278 g/mol. The highest BCUT2D eigenvalue weighted by molar-refractivity contribution is 5.92. The summed E-state index contributed by atoms with van der Waals surface area (Å²) in [6.45, 7) is 2.70. The minimum atomic E-state index is -0.948. The number of hydrogen-bond donors (Lipinski definition) is 2. The van der Waals surface area contributed by atoms with Crippen molar-refractivity contribution in [2.75, 3.05) is 11.9 Å². The molecule has 0 aliphatic rings. The molecule has 0 aliphatic carbocycles. The van der Waals surface area contributed by atoms with Crippen LogP contribution in [0.2, 0.25) is 0 Å². The maximum Gasteiger partial charge on any atom is 0.272 e. The van der Waals surface area contributed by atoms with Crippen LogP contribution in [0.3, 0.4) is 0 Å². The van der Waals surface area contributed by atoms with E-state index in [-0.39, 0.29) is 12.2 Å². The average molecular weight is 292 g/mol. The second-order valence-electron chi connectivity index (χ2n) is 4.27. The summed E-state index contributed by atoms with van der Waals surface area (Å²) in [5.74, 6) is -1.73. The number of carbonyl (C=O) groups excluding carboxylic acids is 1. The van der Waals surface area contributed by atoms with Gasteiger partial charge in [0.2, 0.25) is 0 Å². The Morgan fingerprint density at radius 2 is 1.95 bits per heavy atom. The van der Waals surface area contributed by atoms with Crippen LogP contribution in [-0.2, 0) is 6.54 Å². The first-order valence-electron chi connectivity index (χ1n) is 6.40. The van der Waals surface area contributed by atoms with Gasteiger partial charge in [-0.3, -0.25) is 4.79 Å². The van der Waals surface area contributed by atoms with Crippen LogP contribution >= 0.6 is 0 Å². The first-order valence-corrected chi connectivity index (χ1v) is 6.40. The van der Waals surface area contributed by atoms with Gasteiger partial charge in [0.1, 0.15) is 5.82 Å². The van der Waals surface area contributed by atoms with Gasteiger partial charge in [-0.2, -0.15) is 0 Å². The molecule has 0 aliphatic heterocycles. The third-order valence-electron chi connectivity index (χ3n) is 2.69. The van der Waals surface area contributed by atoms with Gasteiger partial charge < -0.3 is 10.6 Å². The van der Waals surface area contributed by atoms with Crippen LogP contribution in [0.4, 0.5) is 14.6 Å². The number of rotatable bonds is 5. The quantitative estimate of drug-likeness (QED) is 0.886. The van der Waals surface area contributed by atoms with Gasteiger partial charge in [0.05, 0.1) is 0 Å². The zero-order valence-electron chi connectivity index (χ0n) is 11.4. The normalized spacial score (nSPS) is 10.2. The lowest BCUT2D eigenvalue weighted by atomic mass is 10.2. The molecular formula is C14H14F2N4O. The Bertz CT molecular complexity index is 631. The van der Waals surface area contributed by atoms with Crippen LogP contribution < -0.4 is 10.6 Å². The fourth-order valence-corrected chi connectivity index (χ4v) is 1.65. The molecule has 0 saturated heterocycles. The highest BCUT2D eigenvalue weighted by Gasteiger charge is 2.09. The van der Waals surface area contributed by atoms with Crippen molar-refractivity contribution < 1.29 is 13.6 Å². The topological polar surface area (TPSA) is 66.9 Å². The fraction of sp³-hybridized carbons (Fsp3) is 0.214. The van der Waals surface area contributed by atoms with Crippen molar-refractivity contribution in [1.29, 1.82) is 0 Å². The van der Waals surface area contributed by atoms with E-state index in [9.17, 15) is 13.6 Å². The fourth-order valence-electron chi connectivity index (χ4n) is 1.65. The summed E-state index contributed by atoms with van der Waals surface area (Å²) in [5.41, 5.74) is 0.610. The lowest BCUT2D eigenvalue weighted by Gasteiger charge is -2.06. The maximum absolute atomic E-state index is 13.0. The minimum Gasteiger partial charge on any atom is -0.369 e. The third kappa shape index (κ3) is 3.95. The van der Waals surface area contributed by atoms with Gasteiger partial charge >= 0.3 is 0 Å². The number of anilines is 1. The second kappa shape index (κ2) is 6.74. The van der Waals surface area contributed by atoms with E-state index in [4.69, 9.17) is 0 Å². The molecule has 2 rings (SSSR count). The molecule has 0 bridgehead atoms. The molecule has 0 unspecified atom stereocenters. The Labute approximate surface area is 120 Å². The number of carbonyl (C=O) groups is 1. The van der Waals surface area contributed by atoms with Gasteiger partial charge in [-0.15, -0.1) is 10.2 Å². The first-order chi connectivity index (χ1) is 10.1. The molecule has 21 heavy (non-hydrogen) atoms. The summed E-state index contributed by atoms with van der Waals surface area (Å²) >= 11 is 0. The number of nitrogens with zero attached hydrogens (tertiary/aromatic N) is 2. The number of nitrogens with one attached hydrogen (secondary N) is 2. The predicted molar refractivity (Wildman–Crippen MR) is 73.7 cm³/mol. The van der Waals surface area contributed by atoms with Crippen molar-refractivity contribution in [2.45, 2.75) is 13.5 Å². The smallest absolute Gasteiger partial charge is 0.272 e.